The van der Waals surface area contributed by atoms with E-state index in [4.69, 9.17) is 4.74 Å². The van der Waals surface area contributed by atoms with Crippen molar-refractivity contribution in [2.45, 2.75) is 32.4 Å². The standard InChI is InChI=1S/C19H21N3O3/c1-2-11-25-16-5-3-15(4-6-16)22-18(23)12-17(19(22)24)21-13-14-7-9-20-10-8-14/h3-10,17,21H,2,11-13H2,1H3/t17-/m1/s1. The Morgan fingerprint density at radius 1 is 1.16 bits per heavy atom. The summed E-state index contributed by atoms with van der Waals surface area (Å²) < 4.78 is 5.53. The molecule has 130 valence electrons. The third-order valence-corrected chi connectivity index (χ3v) is 4.02. The first-order valence-electron chi connectivity index (χ1n) is 8.41. The van der Waals surface area contributed by atoms with Crippen LogP contribution in [-0.2, 0) is 16.1 Å². The minimum Gasteiger partial charge on any atom is -0.494 e. The molecule has 2 heterocycles. The Morgan fingerprint density at radius 2 is 1.88 bits per heavy atom. The Bertz CT molecular complexity index is 731. The van der Waals surface area contributed by atoms with Gasteiger partial charge in [0.15, 0.2) is 0 Å². The van der Waals surface area contributed by atoms with Gasteiger partial charge < -0.3 is 10.1 Å². The topological polar surface area (TPSA) is 71.5 Å². The number of carbonyl (C=O) groups is 2. The maximum absolute atomic E-state index is 12.6. The van der Waals surface area contributed by atoms with Gasteiger partial charge in [0.1, 0.15) is 5.75 Å². The van der Waals surface area contributed by atoms with E-state index >= 15 is 0 Å². The molecule has 1 N–H and O–H groups in total. The van der Waals surface area contributed by atoms with E-state index in [1.165, 1.54) is 4.90 Å². The first-order chi connectivity index (χ1) is 12.2. The maximum atomic E-state index is 12.6. The minimum atomic E-state index is -0.503. The van der Waals surface area contributed by atoms with Crippen molar-refractivity contribution in [3.8, 4) is 5.75 Å². The van der Waals surface area contributed by atoms with E-state index in [-0.39, 0.29) is 18.2 Å². The van der Waals surface area contributed by atoms with Gasteiger partial charge in [-0.15, -0.1) is 0 Å². The molecule has 6 heteroatoms. The van der Waals surface area contributed by atoms with Crippen molar-refractivity contribution in [3.05, 3.63) is 54.4 Å². The number of rotatable bonds is 7. The molecule has 25 heavy (non-hydrogen) atoms. The van der Waals surface area contributed by atoms with E-state index in [0.717, 1.165) is 17.7 Å². The number of carbonyl (C=O) groups excluding carboxylic acids is 2. The summed E-state index contributed by atoms with van der Waals surface area (Å²) in [7, 11) is 0. The number of aromatic nitrogens is 1. The number of hydrogen-bond donors (Lipinski definition) is 1. The number of amides is 2. The summed E-state index contributed by atoms with van der Waals surface area (Å²) >= 11 is 0. The molecule has 6 nitrogen and oxygen atoms in total. The van der Waals surface area contributed by atoms with Gasteiger partial charge in [-0.2, -0.15) is 0 Å². The van der Waals surface area contributed by atoms with Crippen LogP contribution in [0.2, 0.25) is 0 Å². The number of anilines is 1. The Balaban J connectivity index is 1.64. The maximum Gasteiger partial charge on any atom is 0.251 e. The quantitative estimate of drug-likeness (QED) is 0.784. The van der Waals surface area contributed by atoms with Crippen molar-refractivity contribution < 1.29 is 14.3 Å². The molecule has 0 radical (unpaired) electrons. The molecule has 1 aliphatic rings. The lowest BCUT2D eigenvalue weighted by molar-refractivity contribution is -0.121. The van der Waals surface area contributed by atoms with Crippen molar-refractivity contribution >= 4 is 17.5 Å². The molecule has 1 aliphatic heterocycles. The van der Waals surface area contributed by atoms with Crippen LogP contribution in [0.5, 0.6) is 5.75 Å². The van der Waals surface area contributed by atoms with Crippen molar-refractivity contribution in [1.29, 1.82) is 0 Å². The van der Waals surface area contributed by atoms with Crippen LogP contribution in [0.25, 0.3) is 0 Å². The van der Waals surface area contributed by atoms with E-state index in [2.05, 4.69) is 10.3 Å². The number of nitrogens with zero attached hydrogens (tertiary/aromatic N) is 2. The van der Waals surface area contributed by atoms with E-state index in [9.17, 15) is 9.59 Å². The summed E-state index contributed by atoms with van der Waals surface area (Å²) in [6.45, 7) is 3.20. The molecule has 2 aromatic rings. The fourth-order valence-corrected chi connectivity index (χ4v) is 2.72. The number of ether oxygens (including phenoxy) is 1. The molecule has 0 unspecified atom stereocenters. The third kappa shape index (κ3) is 4.03. The zero-order chi connectivity index (χ0) is 17.6. The molecular formula is C19H21N3O3. The summed E-state index contributed by atoms with van der Waals surface area (Å²) in [5, 5.41) is 3.15. The van der Waals surface area contributed by atoms with E-state index in [1.807, 2.05) is 19.1 Å². The summed E-state index contributed by atoms with van der Waals surface area (Å²) in [6, 6.07) is 10.3. The second-order valence-corrected chi connectivity index (χ2v) is 5.90. The minimum absolute atomic E-state index is 0.165. The Morgan fingerprint density at radius 3 is 2.56 bits per heavy atom. The number of nitrogens with one attached hydrogen (secondary N) is 1. The van der Waals surface area contributed by atoms with Crippen molar-refractivity contribution in [2.24, 2.45) is 0 Å². The summed E-state index contributed by atoms with van der Waals surface area (Å²) in [6.07, 6.45) is 4.49. The summed E-state index contributed by atoms with van der Waals surface area (Å²) in [4.78, 5) is 30.1. The zero-order valence-corrected chi connectivity index (χ0v) is 14.1. The summed E-state index contributed by atoms with van der Waals surface area (Å²) in [5.74, 6) is 0.317. The largest absolute Gasteiger partial charge is 0.494 e. The number of benzene rings is 1. The Kier molecular flexibility index (Phi) is 5.40. The monoisotopic (exact) mass is 339 g/mol. The lowest BCUT2D eigenvalue weighted by Crippen LogP contribution is -2.38. The van der Waals surface area contributed by atoms with Gasteiger partial charge >= 0.3 is 0 Å². The highest BCUT2D eigenvalue weighted by molar-refractivity contribution is 6.22. The van der Waals surface area contributed by atoms with Crippen molar-refractivity contribution in [2.75, 3.05) is 11.5 Å². The van der Waals surface area contributed by atoms with E-state index in [0.29, 0.717) is 18.8 Å². The zero-order valence-electron chi connectivity index (χ0n) is 14.1. The predicted molar refractivity (Wildman–Crippen MR) is 94.2 cm³/mol. The molecule has 0 spiro atoms. The number of imide groups is 1. The molecule has 1 aromatic heterocycles. The van der Waals surface area contributed by atoms with Gasteiger partial charge in [0.2, 0.25) is 5.91 Å². The molecule has 1 aromatic carbocycles. The van der Waals surface area contributed by atoms with Crippen LogP contribution < -0.4 is 15.0 Å². The SMILES string of the molecule is CCCOc1ccc(N2C(=O)C[C@@H](NCc3ccncc3)C2=O)cc1. The van der Waals surface area contributed by atoms with Crippen LogP contribution in [0.1, 0.15) is 25.3 Å². The van der Waals surface area contributed by atoms with Crippen molar-refractivity contribution in [3.63, 3.8) is 0 Å². The molecule has 1 atom stereocenters. The molecule has 0 saturated carbocycles. The first kappa shape index (κ1) is 17.1. The van der Waals surface area contributed by atoms with Gasteiger partial charge in [-0.05, 0) is 48.4 Å². The lowest BCUT2D eigenvalue weighted by atomic mass is 10.2. The second kappa shape index (κ2) is 7.90. The normalized spacial score (nSPS) is 17.2. The van der Waals surface area contributed by atoms with Gasteiger partial charge in [-0.1, -0.05) is 6.92 Å². The first-order valence-corrected chi connectivity index (χ1v) is 8.41. The second-order valence-electron chi connectivity index (χ2n) is 5.90. The van der Waals surface area contributed by atoms with Gasteiger partial charge in [-0.3, -0.25) is 14.6 Å². The molecule has 2 amide bonds. The molecule has 0 bridgehead atoms. The molecular weight excluding hydrogens is 318 g/mol. The Hall–Kier alpha value is -2.73. The van der Waals surface area contributed by atoms with Crippen molar-refractivity contribution in [1.82, 2.24) is 10.3 Å². The highest BCUT2D eigenvalue weighted by atomic mass is 16.5. The van der Waals surface area contributed by atoms with Crippen LogP contribution >= 0.6 is 0 Å². The van der Waals surface area contributed by atoms with Crippen LogP contribution in [-0.4, -0.2) is 29.4 Å². The average molecular weight is 339 g/mol. The van der Waals surface area contributed by atoms with E-state index < -0.39 is 6.04 Å². The molecule has 1 saturated heterocycles. The molecule has 1 fully saturated rings. The van der Waals surface area contributed by atoms with Crippen LogP contribution in [0.4, 0.5) is 5.69 Å². The highest BCUT2D eigenvalue weighted by Crippen LogP contribution is 2.25. The van der Waals surface area contributed by atoms with Crippen LogP contribution in [0.15, 0.2) is 48.8 Å². The predicted octanol–water partition coefficient (Wildman–Crippen LogP) is 2.29. The van der Waals surface area contributed by atoms with Gasteiger partial charge in [0.05, 0.1) is 24.8 Å². The number of hydrogen-bond acceptors (Lipinski definition) is 5. The Labute approximate surface area is 146 Å². The van der Waals surface area contributed by atoms with Crippen LogP contribution in [0, 0.1) is 0 Å². The lowest BCUT2D eigenvalue weighted by Gasteiger charge is -2.16. The third-order valence-electron chi connectivity index (χ3n) is 4.02. The number of pyridine rings is 1. The summed E-state index contributed by atoms with van der Waals surface area (Å²) in [5.41, 5.74) is 1.60. The van der Waals surface area contributed by atoms with Gasteiger partial charge in [0, 0.05) is 18.9 Å². The smallest absolute Gasteiger partial charge is 0.251 e. The molecule has 0 aliphatic carbocycles. The van der Waals surface area contributed by atoms with Gasteiger partial charge in [-0.25, -0.2) is 4.90 Å². The van der Waals surface area contributed by atoms with E-state index in [1.54, 1.807) is 36.7 Å². The highest BCUT2D eigenvalue weighted by Gasteiger charge is 2.39. The average Bonchev–Trinajstić information content (AvgIpc) is 2.93. The fraction of sp³-hybridized carbons (Fsp3) is 0.316. The van der Waals surface area contributed by atoms with Gasteiger partial charge in [0.25, 0.3) is 5.91 Å². The van der Waals surface area contributed by atoms with Crippen LogP contribution in [0.3, 0.4) is 0 Å². The fourth-order valence-electron chi connectivity index (χ4n) is 2.72. The molecule has 3 rings (SSSR count).